The van der Waals surface area contributed by atoms with Gasteiger partial charge in [0.1, 0.15) is 10.9 Å². The third-order valence-corrected chi connectivity index (χ3v) is 3.48. The molecule has 0 spiro atoms. The first kappa shape index (κ1) is 18.8. The van der Waals surface area contributed by atoms with Crippen LogP contribution in [0.5, 0.6) is 0 Å². The molecule has 126 valence electrons. The standard InChI is InChI=1S/C11H17N7S.C2H4O2/c1-7-5-9(14-10(13-7)17(2)3)19-11-16-15-8(6-12)18(11)4;1-2(3)4/h5H,6,12H2,1-4H3;1H3,(H,3,4). The maximum Gasteiger partial charge on any atom is 0.300 e. The summed E-state index contributed by atoms with van der Waals surface area (Å²) in [4.78, 5) is 19.7. The molecule has 0 bridgehead atoms. The summed E-state index contributed by atoms with van der Waals surface area (Å²) in [6, 6.07) is 1.93. The molecule has 0 saturated carbocycles. The number of carboxylic acid groups (broad SMARTS) is 1. The minimum absolute atomic E-state index is 0.371. The highest BCUT2D eigenvalue weighted by molar-refractivity contribution is 7.99. The van der Waals surface area contributed by atoms with Crippen molar-refractivity contribution in [3.63, 3.8) is 0 Å². The number of aliphatic carboxylic acids is 1. The van der Waals surface area contributed by atoms with Crippen LogP contribution < -0.4 is 10.6 Å². The Bertz CT molecular complexity index is 668. The van der Waals surface area contributed by atoms with Gasteiger partial charge in [-0.15, -0.1) is 10.2 Å². The van der Waals surface area contributed by atoms with Crippen LogP contribution in [-0.4, -0.2) is 49.9 Å². The van der Waals surface area contributed by atoms with Gasteiger partial charge >= 0.3 is 0 Å². The highest BCUT2D eigenvalue weighted by atomic mass is 32.2. The molecule has 3 N–H and O–H groups in total. The van der Waals surface area contributed by atoms with Gasteiger partial charge < -0.3 is 20.3 Å². The Balaban J connectivity index is 0.000000593. The van der Waals surface area contributed by atoms with Crippen LogP contribution >= 0.6 is 11.8 Å². The molecule has 2 aromatic heterocycles. The molecule has 2 aromatic rings. The molecule has 2 heterocycles. The van der Waals surface area contributed by atoms with Crippen LogP contribution in [0.15, 0.2) is 16.2 Å². The molecule has 0 atom stereocenters. The fourth-order valence-corrected chi connectivity index (χ4v) is 2.35. The van der Waals surface area contributed by atoms with Gasteiger partial charge in [0.05, 0.1) is 6.54 Å². The van der Waals surface area contributed by atoms with Crippen LogP contribution in [0.4, 0.5) is 5.95 Å². The largest absolute Gasteiger partial charge is 0.481 e. The average Bonchev–Trinajstić information content (AvgIpc) is 2.78. The minimum Gasteiger partial charge on any atom is -0.481 e. The van der Waals surface area contributed by atoms with Gasteiger partial charge in [-0.05, 0) is 24.8 Å². The molecule has 0 aromatic carbocycles. The molecule has 0 fully saturated rings. The third-order valence-electron chi connectivity index (χ3n) is 2.52. The molecule has 0 radical (unpaired) electrons. The van der Waals surface area contributed by atoms with Gasteiger partial charge in [-0.3, -0.25) is 4.79 Å². The van der Waals surface area contributed by atoms with Gasteiger partial charge in [0, 0.05) is 33.8 Å². The Morgan fingerprint density at radius 2 is 2.00 bits per heavy atom. The molecule has 10 heteroatoms. The smallest absolute Gasteiger partial charge is 0.300 e. The zero-order valence-electron chi connectivity index (χ0n) is 13.8. The molecular weight excluding hydrogens is 318 g/mol. The van der Waals surface area contributed by atoms with E-state index in [9.17, 15) is 0 Å². The van der Waals surface area contributed by atoms with Crippen molar-refractivity contribution >= 4 is 23.7 Å². The maximum absolute atomic E-state index is 9.00. The first-order valence-corrected chi connectivity index (χ1v) is 7.55. The number of nitrogens with two attached hydrogens (primary N) is 1. The van der Waals surface area contributed by atoms with E-state index in [1.807, 2.05) is 43.6 Å². The second-order valence-electron chi connectivity index (χ2n) is 4.83. The van der Waals surface area contributed by atoms with E-state index in [1.54, 1.807) is 0 Å². The first-order chi connectivity index (χ1) is 10.7. The van der Waals surface area contributed by atoms with Crippen LogP contribution in [0, 0.1) is 6.92 Å². The van der Waals surface area contributed by atoms with Crippen molar-refractivity contribution in [2.45, 2.75) is 30.6 Å². The number of aromatic nitrogens is 5. The van der Waals surface area contributed by atoms with Crippen LogP contribution in [-0.2, 0) is 18.4 Å². The quantitative estimate of drug-likeness (QED) is 0.774. The number of rotatable bonds is 4. The van der Waals surface area contributed by atoms with Gasteiger partial charge in [0.15, 0.2) is 5.16 Å². The predicted molar refractivity (Wildman–Crippen MR) is 87.4 cm³/mol. The Morgan fingerprint density at radius 3 is 2.48 bits per heavy atom. The van der Waals surface area contributed by atoms with Gasteiger partial charge in [0.25, 0.3) is 5.97 Å². The van der Waals surface area contributed by atoms with Gasteiger partial charge in [-0.1, -0.05) is 0 Å². The van der Waals surface area contributed by atoms with Crippen LogP contribution in [0.2, 0.25) is 0 Å². The summed E-state index contributed by atoms with van der Waals surface area (Å²) in [5, 5.41) is 17.2. The molecule has 0 aliphatic heterocycles. The monoisotopic (exact) mass is 339 g/mol. The van der Waals surface area contributed by atoms with Crippen molar-refractivity contribution in [3.8, 4) is 0 Å². The molecule has 0 saturated heterocycles. The molecule has 0 unspecified atom stereocenters. The Labute approximate surface area is 138 Å². The zero-order valence-corrected chi connectivity index (χ0v) is 14.6. The normalized spacial score (nSPS) is 10.0. The summed E-state index contributed by atoms with van der Waals surface area (Å²) in [5.74, 6) is 0.602. The summed E-state index contributed by atoms with van der Waals surface area (Å²) >= 11 is 1.45. The Kier molecular flexibility index (Phi) is 6.91. The fraction of sp³-hybridized carbons (Fsp3) is 0.462. The lowest BCUT2D eigenvalue weighted by Crippen LogP contribution is -2.13. The second kappa shape index (κ2) is 8.44. The molecule has 23 heavy (non-hydrogen) atoms. The van der Waals surface area contributed by atoms with E-state index in [2.05, 4.69) is 20.2 Å². The first-order valence-electron chi connectivity index (χ1n) is 6.73. The van der Waals surface area contributed by atoms with E-state index in [0.29, 0.717) is 12.5 Å². The number of carboxylic acids is 1. The lowest BCUT2D eigenvalue weighted by atomic mass is 10.4. The number of anilines is 1. The molecule has 0 amide bonds. The topological polar surface area (TPSA) is 123 Å². The van der Waals surface area contributed by atoms with E-state index < -0.39 is 5.97 Å². The van der Waals surface area contributed by atoms with E-state index in [1.165, 1.54) is 11.8 Å². The number of carbonyl (C=O) groups is 1. The molecule has 9 nitrogen and oxygen atoms in total. The van der Waals surface area contributed by atoms with Crippen LogP contribution in [0.1, 0.15) is 18.4 Å². The van der Waals surface area contributed by atoms with E-state index in [0.717, 1.165) is 28.6 Å². The van der Waals surface area contributed by atoms with E-state index in [-0.39, 0.29) is 0 Å². The van der Waals surface area contributed by atoms with E-state index in [4.69, 9.17) is 15.6 Å². The lowest BCUT2D eigenvalue weighted by Gasteiger charge is -2.11. The summed E-state index contributed by atoms with van der Waals surface area (Å²) in [7, 11) is 5.72. The number of aryl methyl sites for hydroxylation is 1. The Morgan fingerprint density at radius 1 is 1.39 bits per heavy atom. The zero-order chi connectivity index (χ0) is 17.6. The van der Waals surface area contributed by atoms with Gasteiger partial charge in [-0.25, -0.2) is 9.97 Å². The van der Waals surface area contributed by atoms with Crippen molar-refractivity contribution in [3.05, 3.63) is 17.6 Å². The summed E-state index contributed by atoms with van der Waals surface area (Å²) in [5.41, 5.74) is 6.50. The fourth-order valence-electron chi connectivity index (χ4n) is 1.48. The molecule has 2 rings (SSSR count). The molecule has 0 aliphatic carbocycles. The predicted octanol–water partition coefficient (Wildman–Crippen LogP) is 0.680. The van der Waals surface area contributed by atoms with Crippen molar-refractivity contribution in [1.82, 2.24) is 24.7 Å². The second-order valence-corrected chi connectivity index (χ2v) is 5.81. The summed E-state index contributed by atoms with van der Waals surface area (Å²) in [6.07, 6.45) is 0. The van der Waals surface area contributed by atoms with Crippen LogP contribution in [0.3, 0.4) is 0 Å². The lowest BCUT2D eigenvalue weighted by molar-refractivity contribution is -0.134. The van der Waals surface area contributed by atoms with Gasteiger partial charge in [0.2, 0.25) is 5.95 Å². The van der Waals surface area contributed by atoms with Crippen molar-refractivity contribution in [2.75, 3.05) is 19.0 Å². The van der Waals surface area contributed by atoms with Gasteiger partial charge in [-0.2, -0.15) is 0 Å². The Hall–Kier alpha value is -2.20. The van der Waals surface area contributed by atoms with Crippen molar-refractivity contribution < 1.29 is 9.90 Å². The SMILES string of the molecule is CC(=O)O.Cc1cc(Sc2nnc(CN)n2C)nc(N(C)C)n1. The highest BCUT2D eigenvalue weighted by Crippen LogP contribution is 2.25. The van der Waals surface area contributed by atoms with Crippen molar-refractivity contribution in [2.24, 2.45) is 12.8 Å². The number of nitrogens with zero attached hydrogens (tertiary/aromatic N) is 6. The summed E-state index contributed by atoms with van der Waals surface area (Å²) < 4.78 is 1.87. The van der Waals surface area contributed by atoms with E-state index >= 15 is 0 Å². The van der Waals surface area contributed by atoms with Crippen LogP contribution in [0.25, 0.3) is 0 Å². The number of hydrogen-bond acceptors (Lipinski definition) is 8. The maximum atomic E-state index is 9.00. The van der Waals surface area contributed by atoms with Crippen molar-refractivity contribution in [1.29, 1.82) is 0 Å². The summed E-state index contributed by atoms with van der Waals surface area (Å²) in [6.45, 7) is 3.40. The highest BCUT2D eigenvalue weighted by Gasteiger charge is 2.11. The third kappa shape index (κ3) is 5.83. The number of hydrogen-bond donors (Lipinski definition) is 2. The molecular formula is C13H21N7O2S. The molecule has 0 aliphatic rings. The average molecular weight is 339 g/mol. The minimum atomic E-state index is -0.833.